The van der Waals surface area contributed by atoms with Gasteiger partial charge < -0.3 is 24.8 Å². The number of carbonyl (C=O) groups excluding carboxylic acids is 1. The molecule has 192 valence electrons. The van der Waals surface area contributed by atoms with Gasteiger partial charge in [-0.3, -0.25) is 13.9 Å². The normalized spacial score (nSPS) is 24.6. The first kappa shape index (κ1) is 26.8. The third-order valence-electron chi connectivity index (χ3n) is 5.24. The third kappa shape index (κ3) is 6.89. The first-order chi connectivity index (χ1) is 16.5. The van der Waals surface area contributed by atoms with E-state index in [9.17, 15) is 19.3 Å². The maximum Gasteiger partial charge on any atom is 0.459 e. The lowest BCUT2D eigenvalue weighted by Gasteiger charge is -2.25. The van der Waals surface area contributed by atoms with Crippen LogP contribution in [0.5, 0.6) is 5.75 Å². The summed E-state index contributed by atoms with van der Waals surface area (Å²) in [6.07, 6.45) is -1.80. The molecule has 0 radical (unpaired) electrons. The highest BCUT2D eigenvalue weighted by atomic mass is 31.2. The number of hydrogen-bond acceptors (Lipinski definition) is 10. The van der Waals surface area contributed by atoms with Crippen molar-refractivity contribution in [3.8, 4) is 5.75 Å². The highest BCUT2D eigenvalue weighted by Crippen LogP contribution is 2.46. The van der Waals surface area contributed by atoms with Gasteiger partial charge in [0.2, 0.25) is 0 Å². The summed E-state index contributed by atoms with van der Waals surface area (Å²) >= 11 is 0. The van der Waals surface area contributed by atoms with Crippen molar-refractivity contribution in [3.05, 3.63) is 53.1 Å². The fourth-order valence-electron chi connectivity index (χ4n) is 3.47. The molecule has 13 heteroatoms. The molecule has 0 bridgehead atoms. The average molecular weight is 510 g/mol. The topological polar surface area (TPSA) is 164 Å². The third-order valence-corrected chi connectivity index (χ3v) is 6.89. The van der Waals surface area contributed by atoms with Gasteiger partial charge in [0.05, 0.1) is 18.8 Å². The lowest BCUT2D eigenvalue weighted by atomic mass is 10.0. The van der Waals surface area contributed by atoms with Gasteiger partial charge in [0.25, 0.3) is 0 Å². The summed E-state index contributed by atoms with van der Waals surface area (Å²) in [6.45, 7) is 6.19. The number of para-hydroxylation sites is 1. The molecule has 35 heavy (non-hydrogen) atoms. The number of aromatic nitrogens is 2. The van der Waals surface area contributed by atoms with Crippen molar-refractivity contribution >= 4 is 19.5 Å². The highest BCUT2D eigenvalue weighted by Gasteiger charge is 2.44. The molecule has 6 atom stereocenters. The molecular weight excluding hydrogens is 479 g/mol. The van der Waals surface area contributed by atoms with Crippen LogP contribution in [0.4, 0.5) is 5.82 Å². The standard InChI is InChI=1S/C22H31N4O8P/c1-13(2)32-21(28)15(4)25-35(30,34-16-8-6-5-7-9-16)31-12-17-19(27)14(3)20(33-17)26-11-10-18(23)24-22(26)29/h5-11,13-15,17,19-20,27H,12H2,1-4H3,(H,25,30)(H2,23,24,29)/t14-,15-,17+,19-,20?,35-/m0/s1. The summed E-state index contributed by atoms with van der Waals surface area (Å²) in [5, 5.41) is 13.3. The summed E-state index contributed by atoms with van der Waals surface area (Å²) < 4.78 is 37.0. The molecule has 1 unspecified atom stereocenters. The van der Waals surface area contributed by atoms with Crippen molar-refractivity contribution in [3.63, 3.8) is 0 Å². The number of anilines is 1. The minimum Gasteiger partial charge on any atom is -0.462 e. The van der Waals surface area contributed by atoms with Crippen molar-refractivity contribution in [1.29, 1.82) is 0 Å². The number of nitrogens with one attached hydrogen (secondary N) is 1. The molecule has 2 aromatic rings. The van der Waals surface area contributed by atoms with Crippen LogP contribution in [0.1, 0.15) is 33.9 Å². The zero-order valence-electron chi connectivity index (χ0n) is 19.9. The summed E-state index contributed by atoms with van der Waals surface area (Å²) in [5.41, 5.74) is 4.91. The fraction of sp³-hybridized carbons (Fsp3) is 0.500. The van der Waals surface area contributed by atoms with E-state index in [1.165, 1.54) is 23.8 Å². The first-order valence-electron chi connectivity index (χ1n) is 11.1. The maximum atomic E-state index is 13.6. The summed E-state index contributed by atoms with van der Waals surface area (Å²) in [7, 11) is -4.14. The molecule has 2 heterocycles. The van der Waals surface area contributed by atoms with Crippen LogP contribution < -0.4 is 21.0 Å². The Labute approximate surface area is 202 Å². The largest absolute Gasteiger partial charge is 0.462 e. The van der Waals surface area contributed by atoms with Crippen LogP contribution in [0.25, 0.3) is 0 Å². The van der Waals surface area contributed by atoms with Crippen molar-refractivity contribution in [2.75, 3.05) is 12.3 Å². The van der Waals surface area contributed by atoms with Crippen LogP contribution in [0.15, 0.2) is 47.4 Å². The Balaban J connectivity index is 1.75. The van der Waals surface area contributed by atoms with Crippen molar-refractivity contribution in [1.82, 2.24) is 14.6 Å². The molecule has 0 amide bonds. The molecular formula is C22H31N4O8P. The van der Waals surface area contributed by atoms with Gasteiger partial charge in [-0.15, -0.1) is 0 Å². The Morgan fingerprint density at radius 3 is 2.60 bits per heavy atom. The SMILES string of the molecule is CC(C)OC(=O)[C@H](C)N[P@](=O)(OC[C@H]1OC(n2ccc(N)nc2=O)[C@@H](C)[C@@H]1O)Oc1ccccc1. The minimum absolute atomic E-state index is 0.0625. The van der Waals surface area contributed by atoms with Crippen LogP contribution in [0.3, 0.4) is 0 Å². The average Bonchev–Trinajstić information content (AvgIpc) is 3.06. The van der Waals surface area contributed by atoms with Gasteiger partial charge in [-0.05, 0) is 39.0 Å². The number of hydrogen-bond donors (Lipinski definition) is 3. The Hall–Kier alpha value is -2.76. The van der Waals surface area contributed by atoms with E-state index in [4.69, 9.17) is 24.3 Å². The smallest absolute Gasteiger partial charge is 0.459 e. The van der Waals surface area contributed by atoms with Crippen LogP contribution in [0.2, 0.25) is 0 Å². The van der Waals surface area contributed by atoms with Gasteiger partial charge in [-0.25, -0.2) is 9.36 Å². The molecule has 0 saturated carbocycles. The lowest BCUT2D eigenvalue weighted by Crippen LogP contribution is -2.37. The number of benzene rings is 1. The quantitative estimate of drug-likeness (QED) is 0.316. The van der Waals surface area contributed by atoms with Crippen molar-refractivity contribution < 1.29 is 33.0 Å². The molecule has 1 aromatic heterocycles. The zero-order chi connectivity index (χ0) is 25.8. The van der Waals surface area contributed by atoms with E-state index < -0.39 is 49.8 Å². The molecule has 1 aliphatic rings. The van der Waals surface area contributed by atoms with Gasteiger partial charge >= 0.3 is 19.4 Å². The number of rotatable bonds is 10. The molecule has 0 aliphatic carbocycles. The van der Waals surface area contributed by atoms with E-state index in [0.29, 0.717) is 0 Å². The number of nitrogens with zero attached hydrogens (tertiary/aromatic N) is 2. The van der Waals surface area contributed by atoms with E-state index in [0.717, 1.165) is 0 Å². The number of esters is 1. The Morgan fingerprint density at radius 2 is 1.97 bits per heavy atom. The van der Waals surface area contributed by atoms with E-state index >= 15 is 0 Å². The van der Waals surface area contributed by atoms with Crippen LogP contribution >= 0.6 is 7.75 Å². The fourth-order valence-corrected chi connectivity index (χ4v) is 4.98. The summed E-state index contributed by atoms with van der Waals surface area (Å²) in [6, 6.07) is 8.70. The van der Waals surface area contributed by atoms with Crippen LogP contribution in [-0.2, 0) is 23.4 Å². The molecule has 1 saturated heterocycles. The predicted octanol–water partition coefficient (Wildman–Crippen LogP) is 1.85. The Morgan fingerprint density at radius 1 is 1.29 bits per heavy atom. The molecule has 1 aliphatic heterocycles. The predicted molar refractivity (Wildman–Crippen MR) is 126 cm³/mol. The lowest BCUT2D eigenvalue weighted by molar-refractivity contribution is -0.149. The van der Waals surface area contributed by atoms with E-state index in [2.05, 4.69) is 10.1 Å². The van der Waals surface area contributed by atoms with Gasteiger partial charge in [0, 0.05) is 12.1 Å². The van der Waals surface area contributed by atoms with Crippen LogP contribution in [0, 0.1) is 5.92 Å². The molecule has 3 rings (SSSR count). The number of carbonyl (C=O) groups is 1. The number of nitrogens with two attached hydrogens (primary N) is 1. The Kier molecular flexibility index (Phi) is 8.68. The van der Waals surface area contributed by atoms with Crippen molar-refractivity contribution in [2.24, 2.45) is 5.92 Å². The van der Waals surface area contributed by atoms with E-state index in [1.54, 1.807) is 51.1 Å². The molecule has 1 fully saturated rings. The summed E-state index contributed by atoms with van der Waals surface area (Å²) in [4.78, 5) is 28.2. The second kappa shape index (κ2) is 11.3. The Bertz CT molecular complexity index is 1110. The summed E-state index contributed by atoms with van der Waals surface area (Å²) in [5.74, 6) is -0.852. The number of aliphatic hydroxyl groups is 1. The number of aliphatic hydroxyl groups excluding tert-OH is 1. The molecule has 12 nitrogen and oxygen atoms in total. The first-order valence-corrected chi connectivity index (χ1v) is 12.7. The second-order valence-corrected chi connectivity index (χ2v) is 10.2. The molecule has 1 aromatic carbocycles. The number of nitrogen functional groups attached to an aromatic ring is 1. The van der Waals surface area contributed by atoms with E-state index in [1.807, 2.05) is 0 Å². The zero-order valence-corrected chi connectivity index (χ0v) is 20.8. The molecule has 4 N–H and O–H groups in total. The second-order valence-electron chi connectivity index (χ2n) is 8.49. The highest BCUT2D eigenvalue weighted by molar-refractivity contribution is 7.52. The monoisotopic (exact) mass is 510 g/mol. The van der Waals surface area contributed by atoms with Gasteiger partial charge in [0.15, 0.2) is 0 Å². The minimum atomic E-state index is -4.14. The van der Waals surface area contributed by atoms with Crippen molar-refractivity contribution in [2.45, 2.75) is 58.3 Å². The van der Waals surface area contributed by atoms with E-state index in [-0.39, 0.29) is 24.3 Å². The number of ether oxygens (including phenoxy) is 2. The van der Waals surface area contributed by atoms with Gasteiger partial charge in [-0.1, -0.05) is 25.1 Å². The van der Waals surface area contributed by atoms with Crippen LogP contribution in [-0.4, -0.2) is 51.6 Å². The molecule has 0 spiro atoms. The van der Waals surface area contributed by atoms with Gasteiger partial charge in [0.1, 0.15) is 29.9 Å². The van der Waals surface area contributed by atoms with Gasteiger partial charge in [-0.2, -0.15) is 10.1 Å². The maximum absolute atomic E-state index is 13.6.